The molecule has 8 heteroatoms. The highest BCUT2D eigenvalue weighted by molar-refractivity contribution is 5.97. The van der Waals surface area contributed by atoms with Crippen LogP contribution in [0.4, 0.5) is 14.6 Å². The molecule has 0 radical (unpaired) electrons. The van der Waals surface area contributed by atoms with Crippen LogP contribution in [0.1, 0.15) is 48.9 Å². The van der Waals surface area contributed by atoms with E-state index in [4.69, 9.17) is 0 Å². The second kappa shape index (κ2) is 7.86. The minimum absolute atomic E-state index is 0.0173. The number of amides is 1. The monoisotopic (exact) mass is 478 g/mol. The summed E-state index contributed by atoms with van der Waals surface area (Å²) in [6.45, 7) is 0. The van der Waals surface area contributed by atoms with Crippen molar-refractivity contribution in [3.05, 3.63) is 63.9 Å². The van der Waals surface area contributed by atoms with E-state index in [2.05, 4.69) is 10.3 Å². The molecule has 4 aliphatic carbocycles. The van der Waals surface area contributed by atoms with Crippen molar-refractivity contribution in [1.29, 1.82) is 0 Å². The first-order valence-corrected chi connectivity index (χ1v) is 12.2. The van der Waals surface area contributed by atoms with Crippen LogP contribution in [0.3, 0.4) is 0 Å². The van der Waals surface area contributed by atoms with Crippen LogP contribution in [0, 0.1) is 29.4 Å². The Balaban J connectivity index is 1.47. The van der Waals surface area contributed by atoms with Crippen molar-refractivity contribution in [3.63, 3.8) is 0 Å². The molecule has 7 rings (SSSR count). The van der Waals surface area contributed by atoms with Crippen molar-refractivity contribution < 1.29 is 13.6 Å². The van der Waals surface area contributed by atoms with Crippen molar-refractivity contribution >= 4 is 22.8 Å². The predicted molar refractivity (Wildman–Crippen MR) is 130 cm³/mol. The molecule has 0 saturated heterocycles. The Morgan fingerprint density at radius 2 is 1.71 bits per heavy atom. The van der Waals surface area contributed by atoms with Gasteiger partial charge in [0.25, 0.3) is 5.91 Å². The first-order chi connectivity index (χ1) is 16.7. The summed E-state index contributed by atoms with van der Waals surface area (Å²) in [5, 5.41) is 3.45. The summed E-state index contributed by atoms with van der Waals surface area (Å²) in [6.07, 6.45) is 7.92. The van der Waals surface area contributed by atoms with Crippen molar-refractivity contribution in [2.24, 2.45) is 17.8 Å². The summed E-state index contributed by atoms with van der Waals surface area (Å²) < 4.78 is 29.9. The van der Waals surface area contributed by atoms with E-state index < -0.39 is 23.0 Å². The molecule has 0 unspecified atom stereocenters. The van der Waals surface area contributed by atoms with Crippen LogP contribution in [0.2, 0.25) is 0 Å². The van der Waals surface area contributed by atoms with E-state index in [0.717, 1.165) is 31.4 Å². The van der Waals surface area contributed by atoms with Crippen molar-refractivity contribution in [2.45, 2.75) is 44.1 Å². The summed E-state index contributed by atoms with van der Waals surface area (Å²) in [6, 6.07) is 6.52. The molecular formula is C27H28F2N4O2. The number of pyridine rings is 2. The Kier molecular flexibility index (Phi) is 4.99. The summed E-state index contributed by atoms with van der Waals surface area (Å²) in [5.74, 6) is 0.522. The third kappa shape index (κ3) is 3.70. The number of fused-ring (bicyclic) bond motifs is 1. The van der Waals surface area contributed by atoms with Crippen LogP contribution in [0.5, 0.6) is 0 Å². The SMILES string of the molecule is CN(C)c1ccc2c(=O)c(C(=O)NC34CC5CC(CC(C5)C3)C4)cn(-c3ccc(F)cc3F)c2n1. The number of aromatic nitrogens is 2. The highest BCUT2D eigenvalue weighted by atomic mass is 19.1. The van der Waals surface area contributed by atoms with Crippen LogP contribution in [0.25, 0.3) is 16.7 Å². The highest BCUT2D eigenvalue weighted by Crippen LogP contribution is 2.55. The maximum atomic E-state index is 14.9. The lowest BCUT2D eigenvalue weighted by molar-refractivity contribution is -0.0167. The van der Waals surface area contributed by atoms with E-state index in [0.29, 0.717) is 23.6 Å². The molecule has 2 aromatic heterocycles. The summed E-state index contributed by atoms with van der Waals surface area (Å²) >= 11 is 0. The zero-order chi connectivity index (χ0) is 24.5. The highest BCUT2D eigenvalue weighted by Gasteiger charge is 2.51. The zero-order valence-electron chi connectivity index (χ0n) is 19.9. The summed E-state index contributed by atoms with van der Waals surface area (Å²) in [7, 11) is 3.62. The van der Waals surface area contributed by atoms with Crippen molar-refractivity contribution in [2.75, 3.05) is 19.0 Å². The number of anilines is 1. The topological polar surface area (TPSA) is 67.2 Å². The molecule has 4 fully saturated rings. The fourth-order valence-corrected chi connectivity index (χ4v) is 7.04. The molecule has 3 aromatic rings. The number of carbonyl (C=O) groups excluding carboxylic acids is 1. The third-order valence-electron chi connectivity index (χ3n) is 8.13. The second-order valence-electron chi connectivity index (χ2n) is 10.9. The molecule has 1 aromatic carbocycles. The van der Waals surface area contributed by atoms with E-state index in [1.54, 1.807) is 17.0 Å². The number of benzene rings is 1. The lowest BCUT2D eigenvalue weighted by Crippen LogP contribution is -2.60. The van der Waals surface area contributed by atoms with Crippen LogP contribution in [0.15, 0.2) is 41.3 Å². The number of rotatable bonds is 4. The molecule has 1 N–H and O–H groups in total. The van der Waals surface area contributed by atoms with E-state index in [1.807, 2.05) is 14.1 Å². The van der Waals surface area contributed by atoms with Gasteiger partial charge in [0.15, 0.2) is 5.65 Å². The average Bonchev–Trinajstić information content (AvgIpc) is 2.78. The third-order valence-corrected chi connectivity index (χ3v) is 8.13. The lowest BCUT2D eigenvalue weighted by Gasteiger charge is -2.56. The molecule has 0 atom stereocenters. The average molecular weight is 479 g/mol. The molecule has 35 heavy (non-hydrogen) atoms. The predicted octanol–water partition coefficient (Wildman–Crippen LogP) is 4.43. The Labute approximate surface area is 202 Å². The lowest BCUT2D eigenvalue weighted by atomic mass is 9.53. The van der Waals surface area contributed by atoms with Gasteiger partial charge in [0.1, 0.15) is 23.0 Å². The Hall–Kier alpha value is -3.29. The molecule has 6 nitrogen and oxygen atoms in total. The molecule has 4 bridgehead atoms. The number of nitrogens with zero attached hydrogens (tertiary/aromatic N) is 3. The Morgan fingerprint density at radius 1 is 1.06 bits per heavy atom. The van der Waals surface area contributed by atoms with Gasteiger partial charge in [0, 0.05) is 31.9 Å². The smallest absolute Gasteiger partial charge is 0.257 e. The van der Waals surface area contributed by atoms with Gasteiger partial charge < -0.3 is 10.2 Å². The van der Waals surface area contributed by atoms with E-state index >= 15 is 0 Å². The van der Waals surface area contributed by atoms with Crippen molar-refractivity contribution in [3.8, 4) is 5.69 Å². The van der Waals surface area contributed by atoms with Gasteiger partial charge in [-0.25, -0.2) is 13.8 Å². The number of halogens is 2. The molecule has 0 aliphatic heterocycles. The minimum Gasteiger partial charge on any atom is -0.363 e. The van der Waals surface area contributed by atoms with Gasteiger partial charge in [-0.15, -0.1) is 0 Å². The zero-order valence-corrected chi connectivity index (χ0v) is 19.9. The normalized spacial score (nSPS) is 26.8. The summed E-state index contributed by atoms with van der Waals surface area (Å²) in [5.41, 5.74) is -0.552. The molecule has 0 spiro atoms. The fourth-order valence-electron chi connectivity index (χ4n) is 7.04. The van der Waals surface area contributed by atoms with E-state index in [1.165, 1.54) is 36.1 Å². The summed E-state index contributed by atoms with van der Waals surface area (Å²) in [4.78, 5) is 33.4. The maximum absolute atomic E-state index is 14.9. The fraction of sp³-hybridized carbons (Fsp3) is 0.444. The van der Waals surface area contributed by atoms with Crippen molar-refractivity contribution in [1.82, 2.24) is 14.9 Å². The number of carbonyl (C=O) groups is 1. The van der Waals surface area contributed by atoms with Gasteiger partial charge in [-0.3, -0.25) is 14.2 Å². The largest absolute Gasteiger partial charge is 0.363 e. The van der Waals surface area contributed by atoms with Crippen LogP contribution >= 0.6 is 0 Å². The maximum Gasteiger partial charge on any atom is 0.257 e. The van der Waals surface area contributed by atoms with Gasteiger partial charge in [-0.05, 0) is 80.5 Å². The molecular weight excluding hydrogens is 450 g/mol. The molecule has 1 amide bonds. The number of hydrogen-bond acceptors (Lipinski definition) is 4. The molecule has 4 aliphatic rings. The van der Waals surface area contributed by atoms with Gasteiger partial charge in [-0.1, -0.05) is 0 Å². The quantitative estimate of drug-likeness (QED) is 0.603. The molecule has 4 saturated carbocycles. The first-order valence-electron chi connectivity index (χ1n) is 12.2. The van der Waals surface area contributed by atoms with E-state index in [-0.39, 0.29) is 27.8 Å². The van der Waals surface area contributed by atoms with Gasteiger partial charge >= 0.3 is 0 Å². The number of nitrogens with one attached hydrogen (secondary N) is 1. The molecule has 182 valence electrons. The molecule has 2 heterocycles. The van der Waals surface area contributed by atoms with Gasteiger partial charge in [0.2, 0.25) is 5.43 Å². The van der Waals surface area contributed by atoms with Gasteiger partial charge in [-0.2, -0.15) is 0 Å². The minimum atomic E-state index is -0.806. The Morgan fingerprint density at radius 3 is 2.31 bits per heavy atom. The van der Waals surface area contributed by atoms with E-state index in [9.17, 15) is 18.4 Å². The second-order valence-corrected chi connectivity index (χ2v) is 10.9. The first kappa shape index (κ1) is 22.2. The van der Waals surface area contributed by atoms with Crippen LogP contribution in [-0.4, -0.2) is 35.1 Å². The van der Waals surface area contributed by atoms with Crippen LogP contribution in [-0.2, 0) is 0 Å². The van der Waals surface area contributed by atoms with Crippen LogP contribution < -0.4 is 15.6 Å². The standard InChI is InChI=1S/C27H28F2N4O2/c1-32(2)23-6-4-19-24(34)20(14-33(25(19)30-23)22-5-3-18(28)10-21(22)29)26(35)31-27-11-15-7-16(12-27)9-17(8-15)13-27/h3-6,10,14-17H,7-9,11-13H2,1-2H3,(H,31,35). The Bertz CT molecular complexity index is 1380. The number of hydrogen-bond donors (Lipinski definition) is 1. The van der Waals surface area contributed by atoms with Gasteiger partial charge in [0.05, 0.1) is 11.1 Å².